The Kier molecular flexibility index (Phi) is 3.69. The molecular formula is C12H14BrClN2O3S2. The van der Waals surface area contributed by atoms with E-state index in [4.69, 9.17) is 22.1 Å². The highest BCUT2D eigenvalue weighted by Gasteiger charge is 2.57. The number of nitrogens with two attached hydrogens (primary N) is 1. The van der Waals surface area contributed by atoms with Gasteiger partial charge in [-0.2, -0.15) is 0 Å². The maximum absolute atomic E-state index is 12.8. The Morgan fingerprint density at radius 1 is 1.57 bits per heavy atom. The van der Waals surface area contributed by atoms with E-state index < -0.39 is 20.1 Å². The Bertz CT molecular complexity index is 725. The van der Waals surface area contributed by atoms with Crippen LogP contribution in [0.2, 0.25) is 5.02 Å². The molecule has 0 radical (unpaired) electrons. The number of nitrogens with zero attached hydrogens (tertiary/aromatic N) is 1. The van der Waals surface area contributed by atoms with Crippen molar-refractivity contribution in [2.45, 2.75) is 23.6 Å². The standard InChI is InChI=1S/C12H14BrClN2O3S2/c1-11(9-7(14)4-8(13)20-9)6-21(17,18)12(10(15)16-11)2-3-19-5-12/h4H,2-3,5-6H2,1H3,(H2,15,16)/t11?,12-/m1/s1. The van der Waals surface area contributed by atoms with Gasteiger partial charge in [0, 0.05) is 6.61 Å². The summed E-state index contributed by atoms with van der Waals surface area (Å²) < 4.78 is 30.6. The van der Waals surface area contributed by atoms with Gasteiger partial charge in [0.05, 0.1) is 26.0 Å². The summed E-state index contributed by atoms with van der Waals surface area (Å²) in [6.45, 7) is 2.23. The average molecular weight is 414 g/mol. The molecule has 1 fully saturated rings. The van der Waals surface area contributed by atoms with Crippen LogP contribution in [0.15, 0.2) is 14.8 Å². The van der Waals surface area contributed by atoms with Crippen molar-refractivity contribution >= 4 is 54.5 Å². The van der Waals surface area contributed by atoms with Crippen LogP contribution >= 0.6 is 38.9 Å². The lowest BCUT2D eigenvalue weighted by Crippen LogP contribution is -2.58. The monoisotopic (exact) mass is 412 g/mol. The van der Waals surface area contributed by atoms with Crippen LogP contribution in [0.1, 0.15) is 18.2 Å². The largest absolute Gasteiger partial charge is 0.386 e. The molecule has 116 valence electrons. The number of thiophene rings is 1. The van der Waals surface area contributed by atoms with Gasteiger partial charge in [0.15, 0.2) is 14.6 Å². The van der Waals surface area contributed by atoms with E-state index >= 15 is 0 Å². The van der Waals surface area contributed by atoms with Crippen molar-refractivity contribution in [2.24, 2.45) is 10.7 Å². The van der Waals surface area contributed by atoms with Gasteiger partial charge in [0.2, 0.25) is 0 Å². The first-order valence-corrected chi connectivity index (χ1v) is 9.95. The molecule has 0 aliphatic carbocycles. The third kappa shape index (κ3) is 2.26. The minimum Gasteiger partial charge on any atom is -0.386 e. The molecule has 9 heteroatoms. The van der Waals surface area contributed by atoms with Crippen molar-refractivity contribution in [1.29, 1.82) is 0 Å². The highest BCUT2D eigenvalue weighted by atomic mass is 79.9. The number of sulfone groups is 1. The first-order valence-electron chi connectivity index (χ1n) is 6.31. The van der Waals surface area contributed by atoms with Crippen molar-refractivity contribution in [2.75, 3.05) is 19.0 Å². The normalized spacial score (nSPS) is 35.1. The fourth-order valence-electron chi connectivity index (χ4n) is 2.89. The maximum atomic E-state index is 12.8. The van der Waals surface area contributed by atoms with Crippen LogP contribution in [-0.2, 0) is 20.1 Å². The predicted molar refractivity (Wildman–Crippen MR) is 88.0 cm³/mol. The smallest absolute Gasteiger partial charge is 0.168 e. The summed E-state index contributed by atoms with van der Waals surface area (Å²) in [4.78, 5) is 5.23. The second kappa shape index (κ2) is 4.92. The highest BCUT2D eigenvalue weighted by Crippen LogP contribution is 2.46. The van der Waals surface area contributed by atoms with Gasteiger partial charge in [-0.25, -0.2) is 8.42 Å². The van der Waals surface area contributed by atoms with Crippen molar-refractivity contribution in [3.63, 3.8) is 0 Å². The third-order valence-corrected chi connectivity index (χ3v) is 9.00. The SMILES string of the molecule is CC1(c2sc(Br)cc2Cl)CS(=O)(=O)[C@@]2(CCOC2)C(N)=N1. The number of halogens is 2. The summed E-state index contributed by atoms with van der Waals surface area (Å²) in [5.74, 6) is 0.0193. The number of ether oxygens (including phenoxy) is 1. The lowest BCUT2D eigenvalue weighted by Gasteiger charge is -2.38. The van der Waals surface area contributed by atoms with E-state index in [0.29, 0.717) is 22.9 Å². The quantitative estimate of drug-likeness (QED) is 0.766. The minimum absolute atomic E-state index is 0.0859. The molecular weight excluding hydrogens is 400 g/mol. The number of aliphatic imine (C=N–C) groups is 1. The first kappa shape index (κ1) is 15.7. The number of hydrogen-bond donors (Lipinski definition) is 1. The van der Waals surface area contributed by atoms with Crippen LogP contribution in [0.4, 0.5) is 0 Å². The molecule has 21 heavy (non-hydrogen) atoms. The van der Waals surface area contributed by atoms with Gasteiger partial charge < -0.3 is 10.5 Å². The molecule has 2 aliphatic heterocycles. The molecule has 3 heterocycles. The van der Waals surface area contributed by atoms with Crippen LogP contribution in [0.25, 0.3) is 0 Å². The fourth-order valence-corrected chi connectivity index (χ4v) is 7.43. The number of amidine groups is 1. The zero-order valence-electron chi connectivity index (χ0n) is 11.2. The van der Waals surface area contributed by atoms with Crippen LogP contribution in [0, 0.1) is 0 Å². The van der Waals surface area contributed by atoms with Crippen LogP contribution in [0.3, 0.4) is 0 Å². The summed E-state index contributed by atoms with van der Waals surface area (Å²) in [5, 5.41) is 0.500. The van der Waals surface area contributed by atoms with Crippen LogP contribution < -0.4 is 5.73 Å². The number of rotatable bonds is 1. The predicted octanol–water partition coefficient (Wildman–Crippen LogP) is 2.32. The van der Waals surface area contributed by atoms with E-state index in [1.54, 1.807) is 13.0 Å². The summed E-state index contributed by atoms with van der Waals surface area (Å²) in [5.41, 5.74) is 5.11. The van der Waals surface area contributed by atoms with E-state index in [9.17, 15) is 8.42 Å². The summed E-state index contributed by atoms with van der Waals surface area (Å²) >= 11 is 11.0. The molecule has 2 N–H and O–H groups in total. The van der Waals surface area contributed by atoms with Crippen molar-refractivity contribution in [1.82, 2.24) is 0 Å². The minimum atomic E-state index is -3.48. The van der Waals surface area contributed by atoms with Gasteiger partial charge >= 0.3 is 0 Å². The van der Waals surface area contributed by atoms with Crippen molar-refractivity contribution < 1.29 is 13.2 Å². The summed E-state index contributed by atoms with van der Waals surface area (Å²) in [7, 11) is -3.48. The summed E-state index contributed by atoms with van der Waals surface area (Å²) in [6.07, 6.45) is 0.364. The first-order chi connectivity index (χ1) is 9.70. The third-order valence-electron chi connectivity index (χ3n) is 4.03. The molecule has 2 aliphatic rings. The molecule has 3 rings (SSSR count). The van der Waals surface area contributed by atoms with Gasteiger partial charge in [0.25, 0.3) is 0 Å². The molecule has 1 aromatic rings. The second-order valence-electron chi connectivity index (χ2n) is 5.55. The van der Waals surface area contributed by atoms with Crippen LogP contribution in [-0.4, -0.2) is 38.0 Å². The van der Waals surface area contributed by atoms with Gasteiger partial charge in [-0.15, -0.1) is 11.3 Å². The molecule has 1 unspecified atom stereocenters. The van der Waals surface area contributed by atoms with Gasteiger partial charge in [-0.1, -0.05) is 11.6 Å². The Morgan fingerprint density at radius 3 is 2.76 bits per heavy atom. The zero-order chi connectivity index (χ0) is 15.5. The summed E-state index contributed by atoms with van der Waals surface area (Å²) in [6, 6.07) is 1.74. The molecule has 0 amide bonds. The fraction of sp³-hybridized carbons (Fsp3) is 0.583. The molecule has 1 spiro atoms. The Morgan fingerprint density at radius 2 is 2.29 bits per heavy atom. The molecule has 5 nitrogen and oxygen atoms in total. The Labute approximate surface area is 140 Å². The van der Waals surface area contributed by atoms with Crippen molar-refractivity contribution in [3.8, 4) is 0 Å². The number of hydrogen-bond acceptors (Lipinski definition) is 6. The van der Waals surface area contributed by atoms with E-state index in [1.165, 1.54) is 11.3 Å². The zero-order valence-corrected chi connectivity index (χ0v) is 15.2. The van der Waals surface area contributed by atoms with Crippen molar-refractivity contribution in [3.05, 3.63) is 19.8 Å². The average Bonchev–Trinajstić information content (AvgIpc) is 2.94. The topological polar surface area (TPSA) is 81.8 Å². The molecule has 0 bridgehead atoms. The molecule has 1 aromatic heterocycles. The van der Waals surface area contributed by atoms with Gasteiger partial charge in [-0.05, 0) is 35.3 Å². The second-order valence-corrected chi connectivity index (χ2v) is 10.7. The molecule has 1 saturated heterocycles. The molecule has 0 saturated carbocycles. The van der Waals surface area contributed by atoms with Gasteiger partial charge in [0.1, 0.15) is 11.4 Å². The Hall–Kier alpha value is -0.150. The Balaban J connectivity index is 2.16. The van der Waals surface area contributed by atoms with E-state index in [0.717, 1.165) is 3.79 Å². The molecule has 0 aromatic carbocycles. The van der Waals surface area contributed by atoms with Gasteiger partial charge in [-0.3, -0.25) is 4.99 Å². The van der Waals surface area contributed by atoms with Crippen LogP contribution in [0.5, 0.6) is 0 Å². The lowest BCUT2D eigenvalue weighted by molar-refractivity contribution is 0.194. The highest BCUT2D eigenvalue weighted by molar-refractivity contribution is 9.11. The van der Waals surface area contributed by atoms with E-state index in [1.807, 2.05) is 0 Å². The van der Waals surface area contributed by atoms with E-state index in [2.05, 4.69) is 20.9 Å². The maximum Gasteiger partial charge on any atom is 0.168 e. The molecule has 2 atom stereocenters. The lowest BCUT2D eigenvalue weighted by atomic mass is 10.0. The van der Waals surface area contributed by atoms with E-state index in [-0.39, 0.29) is 18.2 Å².